The predicted molar refractivity (Wildman–Crippen MR) is 107 cm³/mol. The number of thiophene rings is 1. The van der Waals surface area contributed by atoms with Gasteiger partial charge < -0.3 is 10.6 Å². The van der Waals surface area contributed by atoms with Gasteiger partial charge in [-0.05, 0) is 68.8 Å². The molecule has 5 nitrogen and oxygen atoms in total. The van der Waals surface area contributed by atoms with Crippen LogP contribution in [-0.4, -0.2) is 36.3 Å². The molecule has 1 fully saturated rings. The third-order valence-electron chi connectivity index (χ3n) is 4.48. The number of rotatable bonds is 6. The Kier molecular flexibility index (Phi) is 6.41. The van der Waals surface area contributed by atoms with Gasteiger partial charge in [0.25, 0.3) is 5.91 Å². The second-order valence-corrected chi connectivity index (χ2v) is 7.70. The second-order valence-electron chi connectivity index (χ2n) is 6.54. The Morgan fingerprint density at radius 2 is 1.62 bits per heavy atom. The summed E-state index contributed by atoms with van der Waals surface area (Å²) < 4.78 is 0. The van der Waals surface area contributed by atoms with Crippen molar-refractivity contribution in [3.8, 4) is 0 Å². The van der Waals surface area contributed by atoms with Crippen molar-refractivity contribution in [2.75, 3.05) is 30.3 Å². The van der Waals surface area contributed by atoms with Crippen molar-refractivity contribution < 1.29 is 9.59 Å². The smallest absolute Gasteiger partial charge is 0.265 e. The van der Waals surface area contributed by atoms with Crippen molar-refractivity contribution in [1.82, 2.24) is 4.90 Å². The minimum atomic E-state index is -0.100. The summed E-state index contributed by atoms with van der Waals surface area (Å²) in [7, 11) is 0. The van der Waals surface area contributed by atoms with Crippen LogP contribution < -0.4 is 10.6 Å². The number of hydrogen-bond acceptors (Lipinski definition) is 4. The standard InChI is InChI=1S/C20H25N3O2S/c1-2-17-10-11-18(26-17)20(25)22-16-8-6-15(7-9-16)21-19(24)14-23-12-4-3-5-13-23/h6-11H,2-5,12-14H2,1H3,(H,21,24)(H,22,25). The number of piperidine rings is 1. The quantitative estimate of drug-likeness (QED) is 0.807. The van der Waals surface area contributed by atoms with Gasteiger partial charge in [0.15, 0.2) is 0 Å². The molecule has 2 N–H and O–H groups in total. The lowest BCUT2D eigenvalue weighted by Gasteiger charge is -2.25. The van der Waals surface area contributed by atoms with Gasteiger partial charge >= 0.3 is 0 Å². The highest BCUT2D eigenvalue weighted by Gasteiger charge is 2.14. The summed E-state index contributed by atoms with van der Waals surface area (Å²) >= 11 is 1.51. The van der Waals surface area contributed by atoms with Crippen LogP contribution >= 0.6 is 11.3 Å². The van der Waals surface area contributed by atoms with E-state index in [9.17, 15) is 9.59 Å². The summed E-state index contributed by atoms with van der Waals surface area (Å²) in [5.74, 6) is -0.0917. The Labute approximate surface area is 158 Å². The van der Waals surface area contributed by atoms with Gasteiger partial charge in [-0.15, -0.1) is 11.3 Å². The first-order valence-corrected chi connectivity index (χ1v) is 9.98. The lowest BCUT2D eigenvalue weighted by Crippen LogP contribution is -2.36. The second kappa shape index (κ2) is 8.96. The molecule has 1 aliphatic rings. The molecule has 0 spiro atoms. The first kappa shape index (κ1) is 18.6. The van der Waals surface area contributed by atoms with Crippen LogP contribution in [0, 0.1) is 0 Å². The van der Waals surface area contributed by atoms with Crippen LogP contribution in [0.2, 0.25) is 0 Å². The summed E-state index contributed by atoms with van der Waals surface area (Å²) in [6, 6.07) is 11.1. The van der Waals surface area contributed by atoms with Gasteiger partial charge in [0, 0.05) is 16.3 Å². The molecular weight excluding hydrogens is 346 g/mol. The van der Waals surface area contributed by atoms with Crippen molar-refractivity contribution in [2.45, 2.75) is 32.6 Å². The minimum Gasteiger partial charge on any atom is -0.325 e. The number of carbonyl (C=O) groups is 2. The Balaban J connectivity index is 1.51. The van der Waals surface area contributed by atoms with Gasteiger partial charge in [0.2, 0.25) is 5.91 Å². The number of carbonyl (C=O) groups excluding carboxylic acids is 2. The van der Waals surface area contributed by atoms with Gasteiger partial charge in [-0.2, -0.15) is 0 Å². The fourth-order valence-corrected chi connectivity index (χ4v) is 3.88. The van der Waals surface area contributed by atoms with E-state index in [2.05, 4.69) is 22.5 Å². The maximum absolute atomic E-state index is 12.3. The van der Waals surface area contributed by atoms with Crippen molar-refractivity contribution in [3.63, 3.8) is 0 Å². The zero-order chi connectivity index (χ0) is 18.4. The van der Waals surface area contributed by atoms with Crippen LogP contribution in [0.1, 0.15) is 40.7 Å². The normalized spacial score (nSPS) is 14.8. The number of aryl methyl sites for hydroxylation is 1. The van der Waals surface area contributed by atoms with E-state index < -0.39 is 0 Å². The largest absolute Gasteiger partial charge is 0.325 e. The fourth-order valence-electron chi connectivity index (χ4n) is 3.04. The molecule has 0 saturated carbocycles. The molecule has 0 bridgehead atoms. The highest BCUT2D eigenvalue weighted by molar-refractivity contribution is 7.14. The van der Waals surface area contributed by atoms with E-state index in [1.807, 2.05) is 36.4 Å². The number of amides is 2. The first-order chi connectivity index (χ1) is 12.6. The average molecular weight is 372 g/mol. The van der Waals surface area contributed by atoms with Crippen molar-refractivity contribution in [1.29, 1.82) is 0 Å². The summed E-state index contributed by atoms with van der Waals surface area (Å²) in [5.41, 5.74) is 1.46. The molecule has 1 aromatic carbocycles. The van der Waals surface area contributed by atoms with Crippen molar-refractivity contribution >= 4 is 34.5 Å². The molecule has 2 aromatic rings. The van der Waals surface area contributed by atoms with Crippen LogP contribution in [0.3, 0.4) is 0 Å². The van der Waals surface area contributed by atoms with Crippen LogP contribution in [0.4, 0.5) is 11.4 Å². The average Bonchev–Trinajstić information content (AvgIpc) is 3.13. The topological polar surface area (TPSA) is 61.4 Å². The fraction of sp³-hybridized carbons (Fsp3) is 0.400. The summed E-state index contributed by atoms with van der Waals surface area (Å²) in [5, 5.41) is 5.81. The molecule has 26 heavy (non-hydrogen) atoms. The third kappa shape index (κ3) is 5.16. The summed E-state index contributed by atoms with van der Waals surface area (Å²) in [4.78, 5) is 28.5. The van der Waals surface area contributed by atoms with E-state index in [0.717, 1.165) is 30.9 Å². The molecule has 6 heteroatoms. The van der Waals surface area contributed by atoms with E-state index >= 15 is 0 Å². The Bertz CT molecular complexity index is 749. The van der Waals surface area contributed by atoms with E-state index in [0.29, 0.717) is 11.4 Å². The van der Waals surface area contributed by atoms with Gasteiger partial charge in [-0.25, -0.2) is 0 Å². The van der Waals surface area contributed by atoms with E-state index in [4.69, 9.17) is 0 Å². The number of nitrogens with one attached hydrogen (secondary N) is 2. The molecule has 0 unspecified atom stereocenters. The molecule has 0 radical (unpaired) electrons. The van der Waals surface area contributed by atoms with Crippen LogP contribution in [-0.2, 0) is 11.2 Å². The lowest BCUT2D eigenvalue weighted by atomic mass is 10.1. The highest BCUT2D eigenvalue weighted by Crippen LogP contribution is 2.20. The van der Waals surface area contributed by atoms with Crippen LogP contribution in [0.25, 0.3) is 0 Å². The Hall–Kier alpha value is -2.18. The van der Waals surface area contributed by atoms with Gasteiger partial charge in [0.05, 0.1) is 11.4 Å². The molecular formula is C20H25N3O2S. The highest BCUT2D eigenvalue weighted by atomic mass is 32.1. The SMILES string of the molecule is CCc1ccc(C(=O)Nc2ccc(NC(=O)CN3CCCCC3)cc2)s1. The number of hydrogen-bond donors (Lipinski definition) is 2. The molecule has 0 atom stereocenters. The zero-order valence-corrected chi connectivity index (χ0v) is 15.9. The third-order valence-corrected chi connectivity index (χ3v) is 5.70. The van der Waals surface area contributed by atoms with Gasteiger partial charge in [-0.1, -0.05) is 13.3 Å². The molecule has 1 saturated heterocycles. The molecule has 3 rings (SSSR count). The summed E-state index contributed by atoms with van der Waals surface area (Å²) in [6.07, 6.45) is 4.54. The predicted octanol–water partition coefficient (Wildman–Crippen LogP) is 3.99. The maximum atomic E-state index is 12.3. The lowest BCUT2D eigenvalue weighted by molar-refractivity contribution is -0.117. The van der Waals surface area contributed by atoms with Gasteiger partial charge in [-0.3, -0.25) is 14.5 Å². The zero-order valence-electron chi connectivity index (χ0n) is 15.1. The molecule has 1 aliphatic heterocycles. The Morgan fingerprint density at radius 1 is 0.962 bits per heavy atom. The molecule has 0 aliphatic carbocycles. The number of nitrogens with zero attached hydrogens (tertiary/aromatic N) is 1. The molecule has 138 valence electrons. The number of likely N-dealkylation sites (tertiary alicyclic amines) is 1. The van der Waals surface area contributed by atoms with E-state index in [1.165, 1.54) is 35.5 Å². The number of benzene rings is 1. The molecule has 2 heterocycles. The first-order valence-electron chi connectivity index (χ1n) is 9.16. The maximum Gasteiger partial charge on any atom is 0.265 e. The monoisotopic (exact) mass is 371 g/mol. The van der Waals surface area contributed by atoms with Gasteiger partial charge in [0.1, 0.15) is 0 Å². The van der Waals surface area contributed by atoms with Crippen LogP contribution in [0.5, 0.6) is 0 Å². The molecule has 2 amide bonds. The molecule has 1 aromatic heterocycles. The van der Waals surface area contributed by atoms with E-state index in [1.54, 1.807) is 0 Å². The van der Waals surface area contributed by atoms with Crippen molar-refractivity contribution in [2.24, 2.45) is 0 Å². The van der Waals surface area contributed by atoms with Crippen LogP contribution in [0.15, 0.2) is 36.4 Å². The van der Waals surface area contributed by atoms with Crippen molar-refractivity contribution in [3.05, 3.63) is 46.2 Å². The minimum absolute atomic E-state index is 0.00867. The number of anilines is 2. The van der Waals surface area contributed by atoms with E-state index in [-0.39, 0.29) is 11.8 Å². The Morgan fingerprint density at radius 3 is 2.23 bits per heavy atom. The summed E-state index contributed by atoms with van der Waals surface area (Å²) in [6.45, 7) is 4.52.